The fourth-order valence-corrected chi connectivity index (χ4v) is 3.95. The van der Waals surface area contributed by atoms with Crippen LogP contribution in [0.5, 0.6) is 0 Å². The van der Waals surface area contributed by atoms with Gasteiger partial charge >= 0.3 is 0 Å². The van der Waals surface area contributed by atoms with Gasteiger partial charge in [-0.15, -0.1) is 0 Å². The summed E-state index contributed by atoms with van der Waals surface area (Å²) in [5.41, 5.74) is 1.51. The van der Waals surface area contributed by atoms with Gasteiger partial charge in [0, 0.05) is 19.5 Å². The minimum atomic E-state index is -0.187. The summed E-state index contributed by atoms with van der Waals surface area (Å²) < 4.78 is 7.43. The number of nitrogens with one attached hydrogen (secondary N) is 1. The van der Waals surface area contributed by atoms with Gasteiger partial charge in [0.1, 0.15) is 11.5 Å². The quantitative estimate of drug-likeness (QED) is 0.911. The molecule has 1 aliphatic heterocycles. The molecule has 4 rings (SSSR count). The van der Waals surface area contributed by atoms with Crippen molar-refractivity contribution in [2.45, 2.75) is 57.7 Å². The highest BCUT2D eigenvalue weighted by molar-refractivity contribution is 5.95. The van der Waals surface area contributed by atoms with Crippen LogP contribution in [-0.4, -0.2) is 38.3 Å². The van der Waals surface area contributed by atoms with Crippen LogP contribution in [0.1, 0.15) is 59.3 Å². The van der Waals surface area contributed by atoms with Crippen molar-refractivity contribution in [2.75, 3.05) is 0 Å². The van der Waals surface area contributed by atoms with Gasteiger partial charge in [-0.1, -0.05) is 0 Å². The average Bonchev–Trinajstić information content (AvgIpc) is 3.25. The van der Waals surface area contributed by atoms with E-state index in [1.807, 2.05) is 23.4 Å². The molecule has 26 heavy (non-hydrogen) atoms. The number of aryl methyl sites for hydroxylation is 3. The number of rotatable bonds is 4. The lowest BCUT2D eigenvalue weighted by Crippen LogP contribution is -2.53. The van der Waals surface area contributed by atoms with Crippen molar-refractivity contribution in [3.63, 3.8) is 0 Å². The summed E-state index contributed by atoms with van der Waals surface area (Å²) in [6, 6.07) is 1.70. The maximum Gasteiger partial charge on any atom is 0.255 e. The fraction of sp³-hybridized carbons (Fsp3) is 0.526. The van der Waals surface area contributed by atoms with Gasteiger partial charge in [-0.05, 0) is 39.2 Å². The number of hydrogen-bond donors (Lipinski definition) is 1. The van der Waals surface area contributed by atoms with E-state index in [9.17, 15) is 9.59 Å². The molecular formula is C19H24N4O3. The first-order valence-electron chi connectivity index (χ1n) is 9.11. The van der Waals surface area contributed by atoms with E-state index in [4.69, 9.17) is 4.42 Å². The van der Waals surface area contributed by atoms with Gasteiger partial charge in [0.15, 0.2) is 0 Å². The second-order valence-corrected chi connectivity index (χ2v) is 7.35. The van der Waals surface area contributed by atoms with Gasteiger partial charge in [-0.25, -0.2) is 4.98 Å². The Morgan fingerprint density at radius 2 is 2.08 bits per heavy atom. The summed E-state index contributed by atoms with van der Waals surface area (Å²) in [6.07, 6.45) is 6.67. The maximum atomic E-state index is 12.8. The molecule has 1 saturated carbocycles. The Morgan fingerprint density at radius 1 is 1.31 bits per heavy atom. The molecule has 2 aromatic heterocycles. The number of amides is 2. The molecule has 138 valence electrons. The third kappa shape index (κ3) is 2.91. The molecule has 1 saturated heterocycles. The van der Waals surface area contributed by atoms with Crippen LogP contribution in [0, 0.1) is 13.8 Å². The molecule has 0 radical (unpaired) electrons. The van der Waals surface area contributed by atoms with Crippen molar-refractivity contribution < 1.29 is 14.0 Å². The highest BCUT2D eigenvalue weighted by Crippen LogP contribution is 2.40. The van der Waals surface area contributed by atoms with E-state index >= 15 is 0 Å². The molecule has 1 N–H and O–H groups in total. The van der Waals surface area contributed by atoms with Gasteiger partial charge in [0.25, 0.3) is 5.91 Å². The summed E-state index contributed by atoms with van der Waals surface area (Å²) in [4.78, 5) is 31.6. The van der Waals surface area contributed by atoms with E-state index in [2.05, 4.69) is 10.3 Å². The van der Waals surface area contributed by atoms with Crippen LogP contribution in [0.25, 0.3) is 0 Å². The van der Waals surface area contributed by atoms with E-state index in [0.29, 0.717) is 29.9 Å². The van der Waals surface area contributed by atoms with Crippen molar-refractivity contribution in [1.82, 2.24) is 19.8 Å². The Kier molecular flexibility index (Phi) is 4.09. The Morgan fingerprint density at radius 3 is 2.65 bits per heavy atom. The van der Waals surface area contributed by atoms with Gasteiger partial charge in [-0.3, -0.25) is 9.59 Å². The Hall–Kier alpha value is -2.57. The lowest BCUT2D eigenvalue weighted by Gasteiger charge is -2.41. The third-order valence-corrected chi connectivity index (χ3v) is 5.34. The van der Waals surface area contributed by atoms with Crippen LogP contribution in [0.3, 0.4) is 0 Å². The second-order valence-electron chi connectivity index (χ2n) is 7.35. The molecule has 2 amide bonds. The second kappa shape index (κ2) is 6.30. The Balaban J connectivity index is 1.64. The third-order valence-electron chi connectivity index (χ3n) is 5.34. The van der Waals surface area contributed by atoms with Crippen molar-refractivity contribution in [2.24, 2.45) is 7.05 Å². The number of nitrogens with zero attached hydrogens (tertiary/aromatic N) is 3. The zero-order chi connectivity index (χ0) is 18.4. The van der Waals surface area contributed by atoms with E-state index in [0.717, 1.165) is 18.5 Å². The number of likely N-dealkylation sites (tertiary alicyclic amines) is 1. The summed E-state index contributed by atoms with van der Waals surface area (Å²) in [7, 11) is 1.93. The number of piperidine rings is 1. The Labute approximate surface area is 152 Å². The first kappa shape index (κ1) is 16.9. The molecule has 7 nitrogen and oxygen atoms in total. The van der Waals surface area contributed by atoms with Crippen LogP contribution in [0.15, 0.2) is 23.0 Å². The number of imidazole rings is 1. The monoisotopic (exact) mass is 356 g/mol. The Bertz CT molecular complexity index is 849. The molecular weight excluding hydrogens is 332 g/mol. The summed E-state index contributed by atoms with van der Waals surface area (Å²) >= 11 is 0. The summed E-state index contributed by atoms with van der Waals surface area (Å²) in [6.45, 7) is 3.62. The normalized spacial score (nSPS) is 23.3. The molecule has 2 fully saturated rings. The molecule has 3 heterocycles. The lowest BCUT2D eigenvalue weighted by atomic mass is 9.92. The minimum Gasteiger partial charge on any atom is -0.466 e. The first-order chi connectivity index (χ1) is 12.5. The number of furan rings is 1. The summed E-state index contributed by atoms with van der Waals surface area (Å²) in [5.74, 6) is 1.35. The lowest BCUT2D eigenvalue weighted by molar-refractivity contribution is -0.138. The van der Waals surface area contributed by atoms with Crippen molar-refractivity contribution in [3.8, 4) is 0 Å². The van der Waals surface area contributed by atoms with Gasteiger partial charge in [0.05, 0.1) is 35.9 Å². The molecule has 2 atom stereocenters. The highest BCUT2D eigenvalue weighted by Gasteiger charge is 2.45. The highest BCUT2D eigenvalue weighted by atomic mass is 16.3. The van der Waals surface area contributed by atoms with Crippen LogP contribution in [0.2, 0.25) is 0 Å². The van der Waals surface area contributed by atoms with Crippen LogP contribution in [-0.2, 0) is 11.8 Å². The predicted octanol–water partition coefficient (Wildman–Crippen LogP) is 2.25. The van der Waals surface area contributed by atoms with Gasteiger partial charge in [0.2, 0.25) is 5.91 Å². The average molecular weight is 356 g/mol. The minimum absolute atomic E-state index is 0.147. The maximum absolute atomic E-state index is 12.8. The van der Waals surface area contributed by atoms with Gasteiger partial charge in [-0.2, -0.15) is 0 Å². The van der Waals surface area contributed by atoms with Gasteiger partial charge < -0.3 is 19.2 Å². The zero-order valence-corrected chi connectivity index (χ0v) is 15.4. The predicted molar refractivity (Wildman–Crippen MR) is 94.5 cm³/mol. The topological polar surface area (TPSA) is 80.4 Å². The van der Waals surface area contributed by atoms with E-state index in [1.54, 1.807) is 25.5 Å². The molecule has 0 spiro atoms. The fourth-order valence-electron chi connectivity index (χ4n) is 3.95. The first-order valence-corrected chi connectivity index (χ1v) is 9.11. The molecule has 0 unspecified atom stereocenters. The van der Waals surface area contributed by atoms with Crippen LogP contribution >= 0.6 is 0 Å². The van der Waals surface area contributed by atoms with E-state index in [-0.39, 0.29) is 29.9 Å². The molecule has 1 aliphatic carbocycles. The number of carbonyl (C=O) groups excluding carboxylic acids is 2. The molecule has 2 aliphatic rings. The molecule has 2 aromatic rings. The SMILES string of the molecule is Cc1cc(C(=O)N[C@@H]2CCC(=O)N(C3CC3)[C@H]2c2cncn2C)c(C)o1. The molecule has 7 heteroatoms. The van der Waals surface area contributed by atoms with E-state index < -0.39 is 0 Å². The van der Waals surface area contributed by atoms with Crippen LogP contribution < -0.4 is 5.32 Å². The van der Waals surface area contributed by atoms with Crippen molar-refractivity contribution in [3.05, 3.63) is 41.4 Å². The van der Waals surface area contributed by atoms with Crippen LogP contribution in [0.4, 0.5) is 0 Å². The molecule has 0 bridgehead atoms. The number of hydrogen-bond acceptors (Lipinski definition) is 4. The zero-order valence-electron chi connectivity index (χ0n) is 15.4. The molecule has 0 aromatic carbocycles. The smallest absolute Gasteiger partial charge is 0.255 e. The largest absolute Gasteiger partial charge is 0.466 e. The number of aromatic nitrogens is 2. The summed E-state index contributed by atoms with van der Waals surface area (Å²) in [5, 5.41) is 3.15. The van der Waals surface area contributed by atoms with Crippen molar-refractivity contribution in [1.29, 1.82) is 0 Å². The number of carbonyl (C=O) groups is 2. The standard InChI is InChI=1S/C19H24N4O3/c1-11-8-14(12(2)26-11)19(25)21-15-6-7-17(24)23(13-4-5-13)18(15)16-9-20-10-22(16)3/h8-10,13,15,18H,4-7H2,1-3H3,(H,21,25)/t15-,18-/m1/s1. The van der Waals surface area contributed by atoms with Crippen molar-refractivity contribution >= 4 is 11.8 Å². The van der Waals surface area contributed by atoms with E-state index in [1.165, 1.54) is 0 Å².